The van der Waals surface area contributed by atoms with Gasteiger partial charge in [-0.15, -0.1) is 0 Å². The third-order valence-electron chi connectivity index (χ3n) is 4.90. The van der Waals surface area contributed by atoms with E-state index >= 15 is 0 Å². The molecule has 2 atom stereocenters. The van der Waals surface area contributed by atoms with Gasteiger partial charge in [0, 0.05) is 42.4 Å². The monoisotopic (exact) mass is 314 g/mol. The summed E-state index contributed by atoms with van der Waals surface area (Å²) in [5, 5.41) is 1.11. The average Bonchev–Trinajstić information content (AvgIpc) is 2.54. The van der Waals surface area contributed by atoms with E-state index in [0.717, 1.165) is 36.1 Å². The van der Waals surface area contributed by atoms with E-state index in [9.17, 15) is 0 Å². The molecule has 0 N–H and O–H groups in total. The lowest BCUT2D eigenvalue weighted by molar-refractivity contribution is 0.140. The minimum absolute atomic E-state index is 0.426. The van der Waals surface area contributed by atoms with Gasteiger partial charge in [-0.25, -0.2) is 4.98 Å². The number of ether oxygens (including phenoxy) is 1. The molecule has 5 nitrogen and oxygen atoms in total. The summed E-state index contributed by atoms with van der Waals surface area (Å²) in [6.07, 6.45) is 1.89. The normalized spacial score (nSPS) is 22.6. The fourth-order valence-electron chi connectivity index (χ4n) is 3.78. The van der Waals surface area contributed by atoms with Crippen molar-refractivity contribution >= 4 is 16.6 Å². The van der Waals surface area contributed by atoms with Gasteiger partial charge in [-0.1, -0.05) is 13.0 Å². The van der Waals surface area contributed by atoms with E-state index < -0.39 is 0 Å². The number of anilines is 1. The van der Waals surface area contributed by atoms with Gasteiger partial charge in [0.2, 0.25) is 0 Å². The Hall–Kier alpha value is -1.88. The summed E-state index contributed by atoms with van der Waals surface area (Å²) in [6.45, 7) is 12.1. The molecule has 0 saturated carbocycles. The Balaban J connectivity index is 2.02. The van der Waals surface area contributed by atoms with Crippen LogP contribution >= 0.6 is 0 Å². The molecular weight excluding hydrogens is 288 g/mol. The van der Waals surface area contributed by atoms with Gasteiger partial charge in [0.15, 0.2) is 0 Å². The molecule has 1 fully saturated rings. The molecule has 23 heavy (non-hydrogen) atoms. The van der Waals surface area contributed by atoms with Gasteiger partial charge in [-0.2, -0.15) is 4.98 Å². The molecule has 2 unspecified atom stereocenters. The highest BCUT2D eigenvalue weighted by Gasteiger charge is 2.29. The highest BCUT2D eigenvalue weighted by atomic mass is 16.5. The van der Waals surface area contributed by atoms with Crippen LogP contribution in [-0.2, 0) is 0 Å². The van der Waals surface area contributed by atoms with Crippen LogP contribution in [0.1, 0.15) is 26.3 Å². The maximum atomic E-state index is 5.18. The summed E-state index contributed by atoms with van der Waals surface area (Å²) in [7, 11) is 1.60. The minimum atomic E-state index is 0.426. The van der Waals surface area contributed by atoms with Crippen molar-refractivity contribution in [2.24, 2.45) is 0 Å². The van der Waals surface area contributed by atoms with Crippen LogP contribution in [0.25, 0.3) is 10.9 Å². The lowest BCUT2D eigenvalue weighted by Crippen LogP contribution is -2.56. The first-order chi connectivity index (χ1) is 11.0. The van der Waals surface area contributed by atoms with Crippen molar-refractivity contribution in [2.75, 3.05) is 31.6 Å². The number of benzene rings is 1. The number of methoxy groups -OCH3 is 1. The van der Waals surface area contributed by atoms with Crippen LogP contribution in [0.5, 0.6) is 6.01 Å². The van der Waals surface area contributed by atoms with Crippen LogP contribution in [0.2, 0.25) is 0 Å². The second-order valence-corrected chi connectivity index (χ2v) is 6.45. The van der Waals surface area contributed by atoms with Gasteiger partial charge in [0.1, 0.15) is 0 Å². The van der Waals surface area contributed by atoms with Crippen molar-refractivity contribution in [1.29, 1.82) is 0 Å². The van der Waals surface area contributed by atoms with E-state index in [1.54, 1.807) is 7.11 Å². The number of aromatic nitrogens is 2. The Bertz CT molecular complexity index is 691. The van der Waals surface area contributed by atoms with Gasteiger partial charge in [-0.3, -0.25) is 4.90 Å². The molecular formula is C18H26N4O. The predicted molar refractivity (Wildman–Crippen MR) is 94.3 cm³/mol. The van der Waals surface area contributed by atoms with Gasteiger partial charge in [0.25, 0.3) is 0 Å². The van der Waals surface area contributed by atoms with Gasteiger partial charge in [0.05, 0.1) is 12.6 Å². The fraction of sp³-hybridized carbons (Fsp3) is 0.556. The lowest BCUT2D eigenvalue weighted by atomic mass is 10.0. The van der Waals surface area contributed by atoms with E-state index in [2.05, 4.69) is 59.6 Å². The zero-order chi connectivity index (χ0) is 16.6. The van der Waals surface area contributed by atoms with Crippen molar-refractivity contribution < 1.29 is 4.74 Å². The van der Waals surface area contributed by atoms with Crippen molar-refractivity contribution in [3.63, 3.8) is 0 Å². The maximum absolute atomic E-state index is 5.18. The molecule has 0 aliphatic carbocycles. The van der Waals surface area contributed by atoms with Crippen LogP contribution in [0.15, 0.2) is 18.3 Å². The molecule has 1 saturated heterocycles. The molecule has 0 spiro atoms. The van der Waals surface area contributed by atoms with Gasteiger partial charge >= 0.3 is 6.01 Å². The smallest absolute Gasteiger partial charge is 0.316 e. The molecule has 1 aliphatic rings. The molecule has 1 aromatic heterocycles. The van der Waals surface area contributed by atoms with Crippen molar-refractivity contribution in [1.82, 2.24) is 14.9 Å². The molecule has 1 aromatic carbocycles. The van der Waals surface area contributed by atoms with Gasteiger partial charge in [-0.05, 0) is 38.9 Å². The number of fused-ring (bicyclic) bond motifs is 1. The van der Waals surface area contributed by atoms with Crippen molar-refractivity contribution in [3.05, 3.63) is 23.9 Å². The number of aryl methyl sites for hydroxylation is 1. The van der Waals surface area contributed by atoms with Crippen LogP contribution in [0.3, 0.4) is 0 Å². The van der Waals surface area contributed by atoms with Crippen LogP contribution in [0.4, 0.5) is 5.69 Å². The predicted octanol–water partition coefficient (Wildman–Crippen LogP) is 2.87. The quantitative estimate of drug-likeness (QED) is 0.871. The molecule has 5 heteroatoms. The van der Waals surface area contributed by atoms with E-state index in [-0.39, 0.29) is 0 Å². The number of likely N-dealkylation sites (N-methyl/N-ethyl adjacent to an activating group) is 1. The fourth-order valence-corrected chi connectivity index (χ4v) is 3.78. The Morgan fingerprint density at radius 2 is 1.91 bits per heavy atom. The molecule has 1 aliphatic heterocycles. The van der Waals surface area contributed by atoms with E-state index in [0.29, 0.717) is 18.1 Å². The third kappa shape index (κ3) is 2.85. The minimum Gasteiger partial charge on any atom is -0.467 e. The summed E-state index contributed by atoms with van der Waals surface area (Å²) >= 11 is 0. The summed E-state index contributed by atoms with van der Waals surface area (Å²) in [4.78, 5) is 13.9. The zero-order valence-corrected chi connectivity index (χ0v) is 14.7. The Kier molecular flexibility index (Phi) is 4.39. The van der Waals surface area contributed by atoms with Gasteiger partial charge < -0.3 is 9.64 Å². The molecule has 124 valence electrons. The topological polar surface area (TPSA) is 41.5 Å². The van der Waals surface area contributed by atoms with E-state index in [4.69, 9.17) is 4.74 Å². The summed E-state index contributed by atoms with van der Waals surface area (Å²) < 4.78 is 5.18. The number of nitrogens with zero attached hydrogens (tertiary/aromatic N) is 4. The Morgan fingerprint density at radius 1 is 1.22 bits per heavy atom. The standard InChI is InChI=1S/C18H26N4O/c1-6-22-13(3)10-21(11-14(22)4)16-8-7-12(2)17-15(16)9-19-18(20-17)23-5/h7-9,13-14H,6,10-11H2,1-5H3. The number of hydrogen-bond acceptors (Lipinski definition) is 5. The SMILES string of the molecule is CCN1C(C)CN(c2ccc(C)c3nc(OC)ncc23)CC1C. The van der Waals surface area contributed by atoms with Crippen LogP contribution < -0.4 is 9.64 Å². The molecule has 3 rings (SSSR count). The average molecular weight is 314 g/mol. The van der Waals surface area contributed by atoms with Crippen molar-refractivity contribution in [3.8, 4) is 6.01 Å². The van der Waals surface area contributed by atoms with E-state index in [1.165, 1.54) is 5.69 Å². The number of piperazine rings is 1. The summed E-state index contributed by atoms with van der Waals surface area (Å²) in [6, 6.07) is 5.86. The number of rotatable bonds is 3. The Labute approximate surface area is 138 Å². The molecule has 2 aromatic rings. The largest absolute Gasteiger partial charge is 0.467 e. The molecule has 0 amide bonds. The second kappa shape index (κ2) is 6.32. The summed E-state index contributed by atoms with van der Waals surface area (Å²) in [5.74, 6) is 0. The second-order valence-electron chi connectivity index (χ2n) is 6.45. The van der Waals surface area contributed by atoms with Crippen LogP contribution in [-0.4, -0.2) is 53.7 Å². The first-order valence-electron chi connectivity index (χ1n) is 8.36. The summed E-state index contributed by atoms with van der Waals surface area (Å²) in [5.41, 5.74) is 3.35. The first-order valence-corrected chi connectivity index (χ1v) is 8.36. The maximum Gasteiger partial charge on any atom is 0.316 e. The highest BCUT2D eigenvalue weighted by Crippen LogP contribution is 2.31. The van der Waals surface area contributed by atoms with E-state index in [1.807, 2.05) is 6.20 Å². The lowest BCUT2D eigenvalue weighted by Gasteiger charge is -2.45. The van der Waals surface area contributed by atoms with Crippen LogP contribution in [0, 0.1) is 6.92 Å². The zero-order valence-electron chi connectivity index (χ0n) is 14.7. The first kappa shape index (κ1) is 16.0. The molecule has 2 heterocycles. The highest BCUT2D eigenvalue weighted by molar-refractivity contribution is 5.93. The molecule has 0 bridgehead atoms. The number of hydrogen-bond donors (Lipinski definition) is 0. The van der Waals surface area contributed by atoms with Crippen molar-refractivity contribution in [2.45, 2.75) is 39.8 Å². The molecule has 0 radical (unpaired) electrons. The third-order valence-corrected chi connectivity index (χ3v) is 4.90. The Morgan fingerprint density at radius 3 is 2.52 bits per heavy atom.